The van der Waals surface area contributed by atoms with Crippen molar-refractivity contribution >= 4 is 17.3 Å². The van der Waals surface area contributed by atoms with Crippen LogP contribution in [0.3, 0.4) is 0 Å². The predicted octanol–water partition coefficient (Wildman–Crippen LogP) is 3.61. The van der Waals surface area contributed by atoms with E-state index in [1.54, 1.807) is 0 Å². The van der Waals surface area contributed by atoms with Crippen LogP contribution in [0.5, 0.6) is 0 Å². The molecule has 1 atom stereocenters. The van der Waals surface area contributed by atoms with Crippen molar-refractivity contribution in [2.75, 3.05) is 49.6 Å². The molecule has 2 heterocycles. The molecule has 2 aromatic rings. The summed E-state index contributed by atoms with van der Waals surface area (Å²) in [5, 5.41) is 3.06. The van der Waals surface area contributed by atoms with E-state index in [9.17, 15) is 4.79 Å². The van der Waals surface area contributed by atoms with Crippen molar-refractivity contribution < 1.29 is 9.53 Å². The van der Waals surface area contributed by atoms with Crippen LogP contribution in [0.2, 0.25) is 0 Å². The zero-order valence-electron chi connectivity index (χ0n) is 16.6. The van der Waals surface area contributed by atoms with Crippen LogP contribution in [0, 0.1) is 6.92 Å². The van der Waals surface area contributed by atoms with E-state index in [1.165, 1.54) is 16.8 Å². The highest BCUT2D eigenvalue weighted by Crippen LogP contribution is 2.31. The number of amides is 1. The summed E-state index contributed by atoms with van der Waals surface area (Å²) >= 11 is 0. The molecule has 0 saturated carbocycles. The van der Waals surface area contributed by atoms with Crippen LogP contribution < -0.4 is 10.2 Å². The number of likely N-dealkylation sites (tertiary alicyclic amines) is 1. The van der Waals surface area contributed by atoms with Gasteiger partial charge in [-0.05, 0) is 56.1 Å². The fraction of sp³-hybridized carbons (Fsp3) is 0.435. The van der Waals surface area contributed by atoms with Gasteiger partial charge in [-0.2, -0.15) is 0 Å². The zero-order valence-corrected chi connectivity index (χ0v) is 16.6. The van der Waals surface area contributed by atoms with Crippen LogP contribution in [0.4, 0.5) is 11.4 Å². The maximum Gasteiger partial charge on any atom is 0.238 e. The molecule has 5 heteroatoms. The number of nitrogens with zero attached hydrogens (tertiary/aromatic N) is 2. The minimum Gasteiger partial charge on any atom is -0.378 e. The van der Waals surface area contributed by atoms with E-state index in [2.05, 4.69) is 58.4 Å². The number of hydrogen-bond acceptors (Lipinski definition) is 4. The monoisotopic (exact) mass is 379 g/mol. The Balaban J connectivity index is 1.34. The van der Waals surface area contributed by atoms with Gasteiger partial charge in [-0.1, -0.05) is 29.8 Å². The van der Waals surface area contributed by atoms with Gasteiger partial charge in [0.15, 0.2) is 0 Å². The summed E-state index contributed by atoms with van der Waals surface area (Å²) in [6.45, 7) is 6.90. The zero-order chi connectivity index (χ0) is 19.3. The molecule has 4 rings (SSSR count). The highest BCUT2D eigenvalue weighted by Gasteiger charge is 2.27. The average Bonchev–Trinajstić information content (AvgIpc) is 3.18. The van der Waals surface area contributed by atoms with E-state index >= 15 is 0 Å². The molecular weight excluding hydrogens is 350 g/mol. The van der Waals surface area contributed by atoms with Crippen molar-refractivity contribution in [1.82, 2.24) is 4.90 Å². The number of nitrogens with one attached hydrogen (secondary N) is 1. The van der Waals surface area contributed by atoms with Crippen LogP contribution in [-0.2, 0) is 9.53 Å². The summed E-state index contributed by atoms with van der Waals surface area (Å²) in [4.78, 5) is 17.2. The van der Waals surface area contributed by atoms with Crippen LogP contribution in [0.1, 0.15) is 30.0 Å². The van der Waals surface area contributed by atoms with Gasteiger partial charge in [-0.3, -0.25) is 9.69 Å². The summed E-state index contributed by atoms with van der Waals surface area (Å²) in [6, 6.07) is 17.2. The van der Waals surface area contributed by atoms with Crippen molar-refractivity contribution in [3.05, 3.63) is 59.7 Å². The molecule has 2 aliphatic heterocycles. The quantitative estimate of drug-likeness (QED) is 0.862. The molecule has 0 unspecified atom stereocenters. The molecule has 0 radical (unpaired) electrons. The minimum absolute atomic E-state index is 0.0538. The van der Waals surface area contributed by atoms with E-state index in [0.717, 1.165) is 51.4 Å². The Labute approximate surface area is 167 Å². The molecule has 1 amide bonds. The molecule has 28 heavy (non-hydrogen) atoms. The van der Waals surface area contributed by atoms with Gasteiger partial charge in [0.25, 0.3) is 0 Å². The van der Waals surface area contributed by atoms with Crippen LogP contribution in [-0.4, -0.2) is 50.2 Å². The number of benzene rings is 2. The van der Waals surface area contributed by atoms with Crippen molar-refractivity contribution in [2.24, 2.45) is 0 Å². The van der Waals surface area contributed by atoms with E-state index in [-0.39, 0.29) is 5.91 Å². The van der Waals surface area contributed by atoms with Crippen molar-refractivity contribution in [3.8, 4) is 0 Å². The Morgan fingerprint density at radius 2 is 1.75 bits per heavy atom. The Bertz CT molecular complexity index is 782. The topological polar surface area (TPSA) is 44.8 Å². The van der Waals surface area contributed by atoms with Gasteiger partial charge in [0.2, 0.25) is 5.91 Å². The second-order valence-electron chi connectivity index (χ2n) is 7.73. The summed E-state index contributed by atoms with van der Waals surface area (Å²) in [6.07, 6.45) is 2.25. The molecular formula is C23H29N3O2. The third-order valence-corrected chi connectivity index (χ3v) is 5.70. The van der Waals surface area contributed by atoms with E-state index in [0.29, 0.717) is 12.6 Å². The summed E-state index contributed by atoms with van der Waals surface area (Å²) in [7, 11) is 0. The number of aryl methyl sites for hydroxylation is 1. The van der Waals surface area contributed by atoms with Gasteiger partial charge < -0.3 is 15.0 Å². The predicted molar refractivity (Wildman–Crippen MR) is 113 cm³/mol. The van der Waals surface area contributed by atoms with Gasteiger partial charge in [0.05, 0.1) is 19.8 Å². The van der Waals surface area contributed by atoms with Crippen LogP contribution in [0.25, 0.3) is 0 Å². The molecule has 2 saturated heterocycles. The van der Waals surface area contributed by atoms with Gasteiger partial charge in [0.1, 0.15) is 0 Å². The first-order valence-electron chi connectivity index (χ1n) is 10.2. The van der Waals surface area contributed by atoms with Gasteiger partial charge in [-0.25, -0.2) is 0 Å². The summed E-state index contributed by atoms with van der Waals surface area (Å²) < 4.78 is 5.40. The molecule has 0 bridgehead atoms. The fourth-order valence-electron chi connectivity index (χ4n) is 4.14. The molecule has 0 aliphatic carbocycles. The molecule has 5 nitrogen and oxygen atoms in total. The largest absolute Gasteiger partial charge is 0.378 e. The fourth-order valence-corrected chi connectivity index (χ4v) is 4.14. The summed E-state index contributed by atoms with van der Waals surface area (Å²) in [5.74, 6) is 0.0538. The third-order valence-electron chi connectivity index (χ3n) is 5.70. The van der Waals surface area contributed by atoms with Gasteiger partial charge >= 0.3 is 0 Å². The lowest BCUT2D eigenvalue weighted by molar-refractivity contribution is -0.117. The van der Waals surface area contributed by atoms with Gasteiger partial charge in [-0.15, -0.1) is 0 Å². The average molecular weight is 380 g/mol. The highest BCUT2D eigenvalue weighted by atomic mass is 16.5. The van der Waals surface area contributed by atoms with E-state index in [1.807, 2.05) is 12.1 Å². The number of carbonyl (C=O) groups excluding carboxylic acids is 1. The first kappa shape index (κ1) is 19.0. The number of carbonyl (C=O) groups is 1. The molecule has 0 aromatic heterocycles. The first-order chi connectivity index (χ1) is 13.7. The van der Waals surface area contributed by atoms with Crippen LogP contribution >= 0.6 is 0 Å². The molecule has 2 aliphatic rings. The Morgan fingerprint density at radius 3 is 2.46 bits per heavy atom. The number of rotatable bonds is 5. The van der Waals surface area contributed by atoms with Crippen molar-refractivity contribution in [1.29, 1.82) is 0 Å². The number of hydrogen-bond donors (Lipinski definition) is 1. The smallest absolute Gasteiger partial charge is 0.238 e. The lowest BCUT2D eigenvalue weighted by atomic mass is 10.0. The van der Waals surface area contributed by atoms with Gasteiger partial charge in [0, 0.05) is 30.5 Å². The molecule has 2 fully saturated rings. The highest BCUT2D eigenvalue weighted by molar-refractivity contribution is 5.92. The number of morpholine rings is 1. The Hall–Kier alpha value is -2.37. The maximum absolute atomic E-state index is 12.6. The normalized spacial score (nSPS) is 20.3. The lowest BCUT2D eigenvalue weighted by Crippen LogP contribution is -2.36. The second-order valence-corrected chi connectivity index (χ2v) is 7.73. The van der Waals surface area contributed by atoms with Crippen molar-refractivity contribution in [2.45, 2.75) is 25.8 Å². The molecule has 148 valence electrons. The number of anilines is 2. The standard InChI is InChI=1S/C23H29N3O2/c1-18-4-6-19(7-5-18)22-3-2-12-26(22)17-23(27)24-20-8-10-21(11-9-20)25-13-15-28-16-14-25/h4-11,22H,2-3,12-17H2,1H3,(H,24,27)/t22-/m1/s1. The SMILES string of the molecule is Cc1ccc([C@H]2CCCN2CC(=O)Nc2ccc(N3CCOCC3)cc2)cc1. The molecule has 2 aromatic carbocycles. The lowest BCUT2D eigenvalue weighted by Gasteiger charge is -2.29. The minimum atomic E-state index is 0.0538. The molecule has 1 N–H and O–H groups in total. The Kier molecular flexibility index (Phi) is 5.93. The third kappa shape index (κ3) is 4.54. The number of ether oxygens (including phenoxy) is 1. The van der Waals surface area contributed by atoms with E-state index < -0.39 is 0 Å². The second kappa shape index (κ2) is 8.76. The maximum atomic E-state index is 12.6. The van der Waals surface area contributed by atoms with Crippen molar-refractivity contribution in [3.63, 3.8) is 0 Å². The first-order valence-corrected chi connectivity index (χ1v) is 10.2. The van der Waals surface area contributed by atoms with Crippen LogP contribution in [0.15, 0.2) is 48.5 Å². The molecule has 0 spiro atoms. The van der Waals surface area contributed by atoms with E-state index in [4.69, 9.17) is 4.74 Å². The summed E-state index contributed by atoms with van der Waals surface area (Å²) in [5.41, 5.74) is 4.62. The Morgan fingerprint density at radius 1 is 1.04 bits per heavy atom.